The molecule has 0 aromatic rings. The van der Waals surface area contributed by atoms with Crippen LogP contribution in [0.15, 0.2) is 0 Å². The van der Waals surface area contributed by atoms with Gasteiger partial charge in [0.2, 0.25) is 0 Å². The molecule has 0 aliphatic heterocycles. The summed E-state index contributed by atoms with van der Waals surface area (Å²) in [5, 5.41) is 0. The fourth-order valence-corrected chi connectivity index (χ4v) is 2.94. The van der Waals surface area contributed by atoms with Crippen LogP contribution < -0.4 is 0 Å². The monoisotopic (exact) mass is 244 g/mol. The first kappa shape index (κ1) is 22.2. The Labute approximate surface area is 113 Å². The molecule has 0 saturated heterocycles. The van der Waals surface area contributed by atoms with Crippen LogP contribution in [0, 0.1) is 17.8 Å². The maximum Gasteiger partial charge on any atom is -0.0383 e. The summed E-state index contributed by atoms with van der Waals surface area (Å²) in [7, 11) is 0. The van der Waals surface area contributed by atoms with Crippen LogP contribution in [0.4, 0.5) is 0 Å². The lowest BCUT2D eigenvalue weighted by molar-refractivity contribution is 0.220. The maximum atomic E-state index is 2.43. The first-order chi connectivity index (χ1) is 7.86. The Kier molecular flexibility index (Phi) is 20.9. The molecule has 2 fully saturated rings. The van der Waals surface area contributed by atoms with E-state index in [9.17, 15) is 0 Å². The van der Waals surface area contributed by atoms with Crippen LogP contribution in [0.5, 0.6) is 0 Å². The first-order valence-electron chi connectivity index (χ1n) is 7.86. The van der Waals surface area contributed by atoms with Gasteiger partial charge in [0.1, 0.15) is 0 Å². The van der Waals surface area contributed by atoms with Gasteiger partial charge in [0.05, 0.1) is 0 Å². The minimum Gasteiger partial charge on any atom is -0.0776 e. The summed E-state index contributed by atoms with van der Waals surface area (Å²) in [5.41, 5.74) is 0. The molecule has 2 rings (SSSR count). The molecule has 108 valence electrons. The molecule has 0 amide bonds. The van der Waals surface area contributed by atoms with Crippen LogP contribution in [-0.4, -0.2) is 0 Å². The molecule has 2 saturated carbocycles. The van der Waals surface area contributed by atoms with E-state index < -0.39 is 0 Å². The van der Waals surface area contributed by atoms with E-state index in [2.05, 4.69) is 6.92 Å². The average molecular weight is 245 g/mol. The largest absolute Gasteiger partial charge is 0.0776 e. The minimum absolute atomic E-state index is 0. The first-order valence-corrected chi connectivity index (χ1v) is 7.86. The van der Waals surface area contributed by atoms with Crippen molar-refractivity contribution < 1.29 is 0 Å². The van der Waals surface area contributed by atoms with Gasteiger partial charge in [-0.05, 0) is 30.6 Å². The van der Waals surface area contributed by atoms with Crippen LogP contribution in [0.25, 0.3) is 0 Å². The molecule has 2 aliphatic rings. The van der Waals surface area contributed by atoms with E-state index in [-0.39, 0.29) is 7.43 Å². The van der Waals surface area contributed by atoms with E-state index in [0.717, 1.165) is 17.8 Å². The predicted octanol–water partition coefficient (Wildman–Crippen LogP) is 6.94. The second-order valence-electron chi connectivity index (χ2n) is 4.37. The van der Waals surface area contributed by atoms with E-state index in [4.69, 9.17) is 0 Å². The molecule has 0 heteroatoms. The zero-order valence-corrected chi connectivity index (χ0v) is 13.0. The molecule has 0 N–H and O–H groups in total. The van der Waals surface area contributed by atoms with E-state index >= 15 is 0 Å². The van der Waals surface area contributed by atoms with Gasteiger partial charge in [-0.1, -0.05) is 81.6 Å². The summed E-state index contributed by atoms with van der Waals surface area (Å²) in [4.78, 5) is 0. The van der Waals surface area contributed by atoms with Crippen molar-refractivity contribution >= 4 is 0 Å². The smallest absolute Gasteiger partial charge is 0.0383 e. The van der Waals surface area contributed by atoms with E-state index in [1.165, 1.54) is 12.8 Å². The second-order valence-corrected chi connectivity index (χ2v) is 4.37. The third-order valence-corrected chi connectivity index (χ3v) is 3.55. The molecule has 0 radical (unpaired) electrons. The van der Waals surface area contributed by atoms with Crippen LogP contribution >= 0.6 is 0 Å². The molecule has 0 aromatic carbocycles. The summed E-state index contributed by atoms with van der Waals surface area (Å²) >= 11 is 0. The number of hydrogen-bond donors (Lipinski definition) is 0. The standard InChI is InChI=1S/C10H18.3C2H6.CH4/c1-8-5-6-9-3-2-4-10(9)7-8;3*1-2;/h8-10H,2-7H2,1H3;3*1-2H3;1H4. The van der Waals surface area contributed by atoms with E-state index in [1.807, 2.05) is 41.5 Å². The van der Waals surface area contributed by atoms with Gasteiger partial charge < -0.3 is 0 Å². The van der Waals surface area contributed by atoms with Crippen molar-refractivity contribution in [2.75, 3.05) is 0 Å². The lowest BCUT2D eigenvalue weighted by Crippen LogP contribution is -2.18. The fraction of sp³-hybridized carbons (Fsp3) is 1.00. The lowest BCUT2D eigenvalue weighted by Gasteiger charge is -2.29. The Bertz CT molecular complexity index is 117. The highest BCUT2D eigenvalue weighted by Crippen LogP contribution is 2.43. The van der Waals surface area contributed by atoms with Gasteiger partial charge in [0, 0.05) is 0 Å². The van der Waals surface area contributed by atoms with Gasteiger partial charge in [-0.15, -0.1) is 0 Å². The Balaban J connectivity index is -0.000000248. The predicted molar refractivity (Wildman–Crippen MR) is 84.6 cm³/mol. The summed E-state index contributed by atoms with van der Waals surface area (Å²) in [5.74, 6) is 3.33. The topological polar surface area (TPSA) is 0 Å². The van der Waals surface area contributed by atoms with Crippen molar-refractivity contribution in [1.29, 1.82) is 0 Å². The zero-order chi connectivity index (χ0) is 13.0. The summed E-state index contributed by atoms with van der Waals surface area (Å²) in [6, 6.07) is 0. The Morgan fingerprint density at radius 2 is 1.12 bits per heavy atom. The molecular weight excluding hydrogens is 204 g/mol. The lowest BCUT2D eigenvalue weighted by atomic mass is 9.77. The van der Waals surface area contributed by atoms with Gasteiger partial charge in [0.15, 0.2) is 0 Å². The quantitative estimate of drug-likeness (QED) is 0.433. The number of hydrogen-bond acceptors (Lipinski definition) is 0. The van der Waals surface area contributed by atoms with Crippen molar-refractivity contribution in [2.24, 2.45) is 17.8 Å². The van der Waals surface area contributed by atoms with E-state index in [0.29, 0.717) is 0 Å². The highest BCUT2D eigenvalue weighted by atomic mass is 14.4. The Hall–Kier alpha value is 0. The molecule has 0 nitrogen and oxygen atoms in total. The van der Waals surface area contributed by atoms with Crippen molar-refractivity contribution in [3.05, 3.63) is 0 Å². The molecule has 17 heavy (non-hydrogen) atoms. The third kappa shape index (κ3) is 8.69. The highest BCUT2D eigenvalue weighted by molar-refractivity contribution is 4.83. The molecular formula is C17H40. The molecule has 0 spiro atoms. The van der Waals surface area contributed by atoms with Gasteiger partial charge in [-0.2, -0.15) is 0 Å². The summed E-state index contributed by atoms with van der Waals surface area (Å²) < 4.78 is 0. The molecule has 2 aliphatic carbocycles. The number of fused-ring (bicyclic) bond motifs is 1. The summed E-state index contributed by atoms with van der Waals surface area (Å²) in [6.07, 6.45) is 9.24. The minimum atomic E-state index is 0. The Morgan fingerprint density at radius 3 is 1.65 bits per heavy atom. The fourth-order valence-electron chi connectivity index (χ4n) is 2.94. The zero-order valence-electron chi connectivity index (χ0n) is 13.0. The van der Waals surface area contributed by atoms with Crippen molar-refractivity contribution in [2.45, 2.75) is 94.4 Å². The molecule has 3 unspecified atom stereocenters. The van der Waals surface area contributed by atoms with Crippen LogP contribution in [0.2, 0.25) is 0 Å². The molecule has 0 aromatic heterocycles. The highest BCUT2D eigenvalue weighted by Gasteiger charge is 2.31. The SMILES string of the molecule is C.CC.CC.CC.CC1CCC2CCCC2C1. The van der Waals surface area contributed by atoms with Gasteiger partial charge in [-0.3, -0.25) is 0 Å². The average Bonchev–Trinajstić information content (AvgIpc) is 2.84. The second kappa shape index (κ2) is 16.0. The van der Waals surface area contributed by atoms with Gasteiger partial charge in [0.25, 0.3) is 0 Å². The van der Waals surface area contributed by atoms with Gasteiger partial charge in [-0.25, -0.2) is 0 Å². The Morgan fingerprint density at radius 1 is 0.647 bits per heavy atom. The maximum absolute atomic E-state index is 2.43. The van der Waals surface area contributed by atoms with Gasteiger partial charge >= 0.3 is 0 Å². The normalized spacial score (nSPS) is 28.8. The number of rotatable bonds is 0. The van der Waals surface area contributed by atoms with Crippen LogP contribution in [0.3, 0.4) is 0 Å². The van der Waals surface area contributed by atoms with Crippen molar-refractivity contribution in [1.82, 2.24) is 0 Å². The molecule has 0 heterocycles. The third-order valence-electron chi connectivity index (χ3n) is 3.55. The van der Waals surface area contributed by atoms with Crippen molar-refractivity contribution in [3.8, 4) is 0 Å². The van der Waals surface area contributed by atoms with E-state index in [1.54, 1.807) is 25.7 Å². The summed E-state index contributed by atoms with van der Waals surface area (Å²) in [6.45, 7) is 14.4. The van der Waals surface area contributed by atoms with Crippen molar-refractivity contribution in [3.63, 3.8) is 0 Å². The molecule has 3 atom stereocenters. The van der Waals surface area contributed by atoms with Crippen LogP contribution in [-0.2, 0) is 0 Å². The van der Waals surface area contributed by atoms with Crippen LogP contribution in [0.1, 0.15) is 94.4 Å². The molecule has 0 bridgehead atoms.